The second kappa shape index (κ2) is 6.00. The number of aryl methyl sites for hydroxylation is 1. The number of carbonyl (C=O) groups is 2. The number of hydrogen-bond acceptors (Lipinski definition) is 4. The maximum Gasteiger partial charge on any atom is 0.255 e. The molecule has 0 aliphatic carbocycles. The Labute approximate surface area is 133 Å². The first-order valence-electron chi connectivity index (χ1n) is 7.34. The van der Waals surface area contributed by atoms with E-state index in [1.54, 1.807) is 41.1 Å². The van der Waals surface area contributed by atoms with Crippen molar-refractivity contribution in [1.82, 2.24) is 15.0 Å². The van der Waals surface area contributed by atoms with Crippen molar-refractivity contribution in [2.45, 2.75) is 20.4 Å². The van der Waals surface area contributed by atoms with E-state index in [9.17, 15) is 9.59 Å². The van der Waals surface area contributed by atoms with Crippen molar-refractivity contribution < 1.29 is 9.59 Å². The Kier molecular flexibility index (Phi) is 3.89. The summed E-state index contributed by atoms with van der Waals surface area (Å²) in [7, 11) is 0. The fraction of sp³-hybridized carbons (Fsp3) is 0.176. The van der Waals surface area contributed by atoms with Crippen LogP contribution < -0.4 is 5.32 Å². The molecule has 6 heteroatoms. The number of ketones is 1. The fourth-order valence-electron chi connectivity index (χ4n) is 2.37. The van der Waals surface area contributed by atoms with E-state index in [-0.39, 0.29) is 11.7 Å². The lowest BCUT2D eigenvalue weighted by Gasteiger charge is -2.06. The maximum atomic E-state index is 12.4. The van der Waals surface area contributed by atoms with Gasteiger partial charge < -0.3 is 5.32 Å². The molecule has 0 aliphatic rings. The van der Waals surface area contributed by atoms with Crippen LogP contribution in [0.2, 0.25) is 0 Å². The van der Waals surface area contributed by atoms with Gasteiger partial charge in [-0.05, 0) is 44.2 Å². The molecular weight excluding hydrogens is 292 g/mol. The molecule has 3 rings (SSSR count). The van der Waals surface area contributed by atoms with Gasteiger partial charge in [0.15, 0.2) is 5.78 Å². The van der Waals surface area contributed by atoms with Gasteiger partial charge in [0.25, 0.3) is 5.91 Å². The predicted octanol–water partition coefficient (Wildman–Crippen LogP) is 2.91. The maximum absolute atomic E-state index is 12.4. The first-order valence-corrected chi connectivity index (χ1v) is 7.34. The number of nitrogens with one attached hydrogen (secondary N) is 1. The lowest BCUT2D eigenvalue weighted by Crippen LogP contribution is -2.12. The zero-order valence-electron chi connectivity index (χ0n) is 12.9. The molecule has 1 N–H and O–H groups in total. The van der Waals surface area contributed by atoms with E-state index in [1.165, 1.54) is 6.92 Å². The summed E-state index contributed by atoms with van der Waals surface area (Å²) in [6.07, 6.45) is 0. The lowest BCUT2D eigenvalue weighted by molar-refractivity contribution is 0.101. The van der Waals surface area contributed by atoms with Gasteiger partial charge in [-0.15, -0.1) is 5.10 Å². The summed E-state index contributed by atoms with van der Waals surface area (Å²) in [4.78, 5) is 23.8. The molecule has 23 heavy (non-hydrogen) atoms. The van der Waals surface area contributed by atoms with Gasteiger partial charge in [-0.3, -0.25) is 9.59 Å². The number of benzene rings is 2. The Hall–Kier alpha value is -3.02. The number of fused-ring (bicyclic) bond motifs is 1. The van der Waals surface area contributed by atoms with Crippen LogP contribution in [0.5, 0.6) is 0 Å². The average molecular weight is 308 g/mol. The number of anilines is 1. The molecule has 3 aromatic rings. The van der Waals surface area contributed by atoms with E-state index in [4.69, 9.17) is 0 Å². The van der Waals surface area contributed by atoms with E-state index in [1.807, 2.05) is 13.0 Å². The molecule has 1 aromatic heterocycles. The van der Waals surface area contributed by atoms with Gasteiger partial charge in [-0.2, -0.15) is 0 Å². The molecule has 0 saturated heterocycles. The highest BCUT2D eigenvalue weighted by molar-refractivity contribution is 6.06. The molecule has 0 atom stereocenters. The first-order chi connectivity index (χ1) is 11.1. The Morgan fingerprint density at radius 2 is 1.96 bits per heavy atom. The standard InChI is InChI=1S/C17H16N4O2/c1-3-21-16-8-7-13(10-15(16)19-20-21)17(23)18-14-6-4-5-12(9-14)11(2)22/h4-10H,3H2,1-2H3,(H,18,23). The third-order valence-electron chi connectivity index (χ3n) is 3.60. The van der Waals surface area contributed by atoms with Crippen LogP contribution in [0.1, 0.15) is 34.6 Å². The minimum absolute atomic E-state index is 0.0429. The molecular formula is C17H16N4O2. The molecule has 0 unspecified atom stereocenters. The first kappa shape index (κ1) is 14.9. The van der Waals surface area contributed by atoms with Crippen LogP contribution >= 0.6 is 0 Å². The average Bonchev–Trinajstić information content (AvgIpc) is 2.97. The second-order valence-corrected chi connectivity index (χ2v) is 5.20. The van der Waals surface area contributed by atoms with E-state index < -0.39 is 0 Å². The highest BCUT2D eigenvalue weighted by Gasteiger charge is 2.10. The number of hydrogen-bond donors (Lipinski definition) is 1. The molecule has 0 aliphatic heterocycles. The van der Waals surface area contributed by atoms with Crippen LogP contribution in [-0.4, -0.2) is 26.7 Å². The summed E-state index contributed by atoms with van der Waals surface area (Å²) in [5, 5.41) is 10.9. The molecule has 1 amide bonds. The van der Waals surface area contributed by atoms with Gasteiger partial charge in [-0.1, -0.05) is 17.3 Å². The summed E-state index contributed by atoms with van der Waals surface area (Å²) in [6.45, 7) is 4.20. The van der Waals surface area contributed by atoms with Gasteiger partial charge in [0.05, 0.1) is 5.52 Å². The molecule has 0 saturated carbocycles. The third kappa shape index (κ3) is 2.96. The van der Waals surface area contributed by atoms with Gasteiger partial charge in [-0.25, -0.2) is 4.68 Å². The highest BCUT2D eigenvalue weighted by atomic mass is 16.1. The largest absolute Gasteiger partial charge is 0.322 e. The summed E-state index contributed by atoms with van der Waals surface area (Å²) >= 11 is 0. The number of aromatic nitrogens is 3. The lowest BCUT2D eigenvalue weighted by atomic mass is 10.1. The fourth-order valence-corrected chi connectivity index (χ4v) is 2.37. The topological polar surface area (TPSA) is 76.9 Å². The van der Waals surface area contributed by atoms with Crippen molar-refractivity contribution in [1.29, 1.82) is 0 Å². The number of nitrogens with zero attached hydrogens (tertiary/aromatic N) is 3. The van der Waals surface area contributed by atoms with Crippen molar-refractivity contribution in [3.05, 3.63) is 53.6 Å². The Morgan fingerprint density at radius 3 is 2.70 bits per heavy atom. The normalized spacial score (nSPS) is 10.7. The summed E-state index contributed by atoms with van der Waals surface area (Å²) < 4.78 is 1.77. The molecule has 0 bridgehead atoms. The quantitative estimate of drug-likeness (QED) is 0.752. The summed E-state index contributed by atoms with van der Waals surface area (Å²) in [6, 6.07) is 12.1. The molecule has 0 spiro atoms. The molecule has 0 fully saturated rings. The van der Waals surface area contributed by atoms with Crippen molar-refractivity contribution in [2.24, 2.45) is 0 Å². The van der Waals surface area contributed by atoms with Crippen molar-refractivity contribution in [3.63, 3.8) is 0 Å². The van der Waals surface area contributed by atoms with E-state index in [2.05, 4.69) is 15.6 Å². The molecule has 6 nitrogen and oxygen atoms in total. The van der Waals surface area contributed by atoms with Gasteiger partial charge in [0.2, 0.25) is 0 Å². The van der Waals surface area contributed by atoms with Crippen LogP contribution in [0, 0.1) is 0 Å². The number of rotatable bonds is 4. The molecule has 1 heterocycles. The van der Waals surface area contributed by atoms with Crippen LogP contribution in [0.25, 0.3) is 11.0 Å². The van der Waals surface area contributed by atoms with Crippen molar-refractivity contribution >= 4 is 28.4 Å². The van der Waals surface area contributed by atoms with Crippen LogP contribution in [0.4, 0.5) is 5.69 Å². The minimum Gasteiger partial charge on any atom is -0.322 e. The zero-order valence-corrected chi connectivity index (χ0v) is 12.9. The third-order valence-corrected chi connectivity index (χ3v) is 3.60. The van der Waals surface area contributed by atoms with E-state index in [0.717, 1.165) is 12.1 Å². The van der Waals surface area contributed by atoms with E-state index in [0.29, 0.717) is 22.3 Å². The Morgan fingerprint density at radius 1 is 1.13 bits per heavy atom. The van der Waals surface area contributed by atoms with Gasteiger partial charge in [0.1, 0.15) is 5.52 Å². The number of Topliss-reactive ketones (excluding diaryl/α,β-unsaturated/α-hetero) is 1. The van der Waals surface area contributed by atoms with Crippen molar-refractivity contribution in [3.8, 4) is 0 Å². The molecule has 116 valence electrons. The second-order valence-electron chi connectivity index (χ2n) is 5.20. The smallest absolute Gasteiger partial charge is 0.255 e. The summed E-state index contributed by atoms with van der Waals surface area (Å²) in [5.74, 6) is -0.294. The van der Waals surface area contributed by atoms with Gasteiger partial charge in [0, 0.05) is 23.4 Å². The van der Waals surface area contributed by atoms with Crippen LogP contribution in [0.3, 0.4) is 0 Å². The number of amides is 1. The molecule has 2 aromatic carbocycles. The van der Waals surface area contributed by atoms with E-state index >= 15 is 0 Å². The number of carbonyl (C=O) groups excluding carboxylic acids is 2. The van der Waals surface area contributed by atoms with Crippen LogP contribution in [-0.2, 0) is 6.54 Å². The minimum atomic E-state index is -0.251. The van der Waals surface area contributed by atoms with Crippen molar-refractivity contribution in [2.75, 3.05) is 5.32 Å². The predicted molar refractivity (Wildman–Crippen MR) is 87.6 cm³/mol. The summed E-state index contributed by atoms with van der Waals surface area (Å²) in [5.41, 5.74) is 3.21. The highest BCUT2D eigenvalue weighted by Crippen LogP contribution is 2.16. The molecule has 0 radical (unpaired) electrons. The SMILES string of the molecule is CCn1nnc2cc(C(=O)Nc3cccc(C(C)=O)c3)ccc21. The zero-order chi connectivity index (χ0) is 16.4. The Balaban J connectivity index is 1.85. The Bertz CT molecular complexity index is 898. The van der Waals surface area contributed by atoms with Gasteiger partial charge >= 0.3 is 0 Å². The monoisotopic (exact) mass is 308 g/mol. The van der Waals surface area contributed by atoms with Crippen LogP contribution in [0.15, 0.2) is 42.5 Å².